The molecular weight excluding hydrogens is 124 g/mol. The quantitative estimate of drug-likeness (QED) is 0.548. The zero-order chi connectivity index (χ0) is 7.40. The molecule has 0 bridgehead atoms. The van der Waals surface area contributed by atoms with Crippen LogP contribution in [-0.2, 0) is 0 Å². The fourth-order valence-corrected chi connectivity index (χ4v) is 1.42. The number of hydrogen-bond acceptors (Lipinski definition) is 2. The van der Waals surface area contributed by atoms with Crippen molar-refractivity contribution in [1.82, 2.24) is 5.32 Å². The first-order valence-corrected chi connectivity index (χ1v) is 3.93. The lowest BCUT2D eigenvalue weighted by Crippen LogP contribution is -2.37. The van der Waals surface area contributed by atoms with E-state index >= 15 is 0 Å². The highest BCUT2D eigenvalue weighted by atomic mass is 14.9. The van der Waals surface area contributed by atoms with Crippen molar-refractivity contribution in [2.24, 2.45) is 11.7 Å². The fourth-order valence-electron chi connectivity index (χ4n) is 1.42. The summed E-state index contributed by atoms with van der Waals surface area (Å²) in [4.78, 5) is 0. The van der Waals surface area contributed by atoms with Gasteiger partial charge >= 0.3 is 0 Å². The summed E-state index contributed by atoms with van der Waals surface area (Å²) < 4.78 is 0. The number of nitrogens with one attached hydrogen (secondary N) is 1. The van der Waals surface area contributed by atoms with E-state index in [-0.39, 0.29) is 6.04 Å². The highest BCUT2D eigenvalue weighted by molar-refractivity contribution is 4.90. The van der Waals surface area contributed by atoms with Crippen molar-refractivity contribution in [1.29, 1.82) is 0 Å². The van der Waals surface area contributed by atoms with Gasteiger partial charge in [-0.1, -0.05) is 6.08 Å². The van der Waals surface area contributed by atoms with Crippen LogP contribution < -0.4 is 11.1 Å². The molecule has 1 saturated heterocycles. The molecule has 1 rings (SSSR count). The number of nitrogens with two attached hydrogens (primary N) is 1. The maximum atomic E-state index is 5.80. The van der Waals surface area contributed by atoms with Crippen molar-refractivity contribution in [2.45, 2.75) is 18.9 Å². The van der Waals surface area contributed by atoms with Crippen molar-refractivity contribution in [3.63, 3.8) is 0 Å². The minimum Gasteiger partial charge on any atom is -0.324 e. The molecule has 1 heterocycles. The normalized spacial score (nSPS) is 24.1. The van der Waals surface area contributed by atoms with E-state index in [2.05, 4.69) is 11.9 Å². The summed E-state index contributed by atoms with van der Waals surface area (Å²) in [6.07, 6.45) is 4.26. The van der Waals surface area contributed by atoms with Crippen LogP contribution in [0.2, 0.25) is 0 Å². The first-order chi connectivity index (χ1) is 4.84. The molecule has 3 N–H and O–H groups in total. The van der Waals surface area contributed by atoms with E-state index in [0.717, 1.165) is 13.1 Å². The molecule has 1 atom stereocenters. The topological polar surface area (TPSA) is 38.0 Å². The predicted octanol–water partition coefficient (Wildman–Crippen LogP) is 0.499. The van der Waals surface area contributed by atoms with Gasteiger partial charge in [0.15, 0.2) is 0 Å². The Morgan fingerprint density at radius 1 is 1.50 bits per heavy atom. The summed E-state index contributed by atoms with van der Waals surface area (Å²) in [7, 11) is 0. The largest absolute Gasteiger partial charge is 0.324 e. The monoisotopic (exact) mass is 140 g/mol. The first kappa shape index (κ1) is 7.76. The molecule has 0 amide bonds. The second-order valence-electron chi connectivity index (χ2n) is 2.90. The van der Waals surface area contributed by atoms with Crippen LogP contribution in [0.3, 0.4) is 0 Å². The Morgan fingerprint density at radius 2 is 2.10 bits per heavy atom. The predicted molar refractivity (Wildman–Crippen MR) is 43.8 cm³/mol. The molecule has 0 spiro atoms. The Kier molecular flexibility index (Phi) is 2.90. The molecule has 1 aliphatic rings. The zero-order valence-corrected chi connectivity index (χ0v) is 6.34. The Bertz CT molecular complexity index is 106. The highest BCUT2D eigenvalue weighted by Gasteiger charge is 2.17. The molecule has 58 valence electrons. The maximum absolute atomic E-state index is 5.80. The van der Waals surface area contributed by atoms with E-state index in [1.807, 2.05) is 6.08 Å². The average molecular weight is 140 g/mol. The number of hydrogen-bond donors (Lipinski definition) is 2. The molecule has 0 radical (unpaired) electrons. The Balaban J connectivity index is 2.30. The van der Waals surface area contributed by atoms with E-state index in [9.17, 15) is 0 Å². The van der Waals surface area contributed by atoms with Crippen LogP contribution in [0.25, 0.3) is 0 Å². The second kappa shape index (κ2) is 3.74. The standard InChI is InChI=1S/C8H16N2/c1-2-8(9)7-3-5-10-6-4-7/h2,7-8,10H,1,3-6,9H2. The van der Waals surface area contributed by atoms with E-state index < -0.39 is 0 Å². The van der Waals surface area contributed by atoms with Crippen LogP contribution in [0.15, 0.2) is 12.7 Å². The van der Waals surface area contributed by atoms with E-state index in [4.69, 9.17) is 5.73 Å². The lowest BCUT2D eigenvalue weighted by Gasteiger charge is -2.25. The van der Waals surface area contributed by atoms with E-state index in [1.54, 1.807) is 0 Å². The van der Waals surface area contributed by atoms with Gasteiger partial charge in [0.05, 0.1) is 0 Å². The van der Waals surface area contributed by atoms with Crippen molar-refractivity contribution >= 4 is 0 Å². The van der Waals surface area contributed by atoms with Crippen LogP contribution in [0.5, 0.6) is 0 Å². The van der Waals surface area contributed by atoms with Crippen molar-refractivity contribution in [2.75, 3.05) is 13.1 Å². The minimum atomic E-state index is 0.210. The van der Waals surface area contributed by atoms with Gasteiger partial charge in [0.1, 0.15) is 0 Å². The van der Waals surface area contributed by atoms with Gasteiger partial charge in [0, 0.05) is 6.04 Å². The molecule has 0 aliphatic carbocycles. The third-order valence-corrected chi connectivity index (χ3v) is 2.20. The van der Waals surface area contributed by atoms with Crippen LogP contribution in [0, 0.1) is 5.92 Å². The maximum Gasteiger partial charge on any atom is 0.0250 e. The number of rotatable bonds is 2. The average Bonchev–Trinajstić information content (AvgIpc) is 2.05. The number of piperidine rings is 1. The zero-order valence-electron chi connectivity index (χ0n) is 6.34. The van der Waals surface area contributed by atoms with Crippen LogP contribution in [-0.4, -0.2) is 19.1 Å². The molecule has 0 aromatic heterocycles. The minimum absolute atomic E-state index is 0.210. The summed E-state index contributed by atoms with van der Waals surface area (Å²) in [6, 6.07) is 0.210. The first-order valence-electron chi connectivity index (χ1n) is 3.93. The van der Waals surface area contributed by atoms with Gasteiger partial charge in [-0.3, -0.25) is 0 Å². The van der Waals surface area contributed by atoms with E-state index in [0.29, 0.717) is 5.92 Å². The molecule has 2 heteroatoms. The SMILES string of the molecule is C=CC(N)C1CCNCC1. The summed E-state index contributed by atoms with van der Waals surface area (Å²) in [5.41, 5.74) is 5.80. The molecular formula is C8H16N2. The molecule has 0 aromatic carbocycles. The molecule has 2 nitrogen and oxygen atoms in total. The van der Waals surface area contributed by atoms with Gasteiger partial charge in [0.2, 0.25) is 0 Å². The third kappa shape index (κ3) is 1.82. The summed E-state index contributed by atoms with van der Waals surface area (Å²) in [6.45, 7) is 5.92. The van der Waals surface area contributed by atoms with Crippen LogP contribution in [0.4, 0.5) is 0 Å². The Labute approximate surface area is 62.5 Å². The van der Waals surface area contributed by atoms with Gasteiger partial charge in [-0.05, 0) is 31.8 Å². The fraction of sp³-hybridized carbons (Fsp3) is 0.750. The second-order valence-corrected chi connectivity index (χ2v) is 2.90. The molecule has 1 unspecified atom stereocenters. The molecule has 0 saturated carbocycles. The third-order valence-electron chi connectivity index (χ3n) is 2.20. The highest BCUT2D eigenvalue weighted by Crippen LogP contribution is 2.14. The summed E-state index contributed by atoms with van der Waals surface area (Å²) in [5.74, 6) is 0.666. The van der Waals surface area contributed by atoms with Crippen molar-refractivity contribution < 1.29 is 0 Å². The molecule has 1 fully saturated rings. The van der Waals surface area contributed by atoms with Gasteiger partial charge in [0.25, 0.3) is 0 Å². The Hall–Kier alpha value is -0.340. The smallest absolute Gasteiger partial charge is 0.0250 e. The van der Waals surface area contributed by atoms with Crippen LogP contribution >= 0.6 is 0 Å². The molecule has 1 aliphatic heterocycles. The summed E-state index contributed by atoms with van der Waals surface area (Å²) >= 11 is 0. The Morgan fingerprint density at radius 3 is 2.60 bits per heavy atom. The van der Waals surface area contributed by atoms with E-state index in [1.165, 1.54) is 12.8 Å². The lowest BCUT2D eigenvalue weighted by atomic mass is 9.91. The van der Waals surface area contributed by atoms with Crippen molar-refractivity contribution in [3.8, 4) is 0 Å². The van der Waals surface area contributed by atoms with Crippen molar-refractivity contribution in [3.05, 3.63) is 12.7 Å². The van der Waals surface area contributed by atoms with Gasteiger partial charge in [-0.25, -0.2) is 0 Å². The van der Waals surface area contributed by atoms with Gasteiger partial charge in [-0.15, -0.1) is 6.58 Å². The molecule has 10 heavy (non-hydrogen) atoms. The van der Waals surface area contributed by atoms with Gasteiger partial charge < -0.3 is 11.1 Å². The lowest BCUT2D eigenvalue weighted by molar-refractivity contribution is 0.347. The molecule has 0 aromatic rings. The van der Waals surface area contributed by atoms with Gasteiger partial charge in [-0.2, -0.15) is 0 Å². The summed E-state index contributed by atoms with van der Waals surface area (Å²) in [5, 5.41) is 3.30. The van der Waals surface area contributed by atoms with Crippen LogP contribution in [0.1, 0.15) is 12.8 Å².